The van der Waals surface area contributed by atoms with Crippen LogP contribution in [0, 0.1) is 0 Å². The van der Waals surface area contributed by atoms with E-state index in [1.165, 1.54) is 5.56 Å². The number of aromatic nitrogens is 2. The molecule has 0 atom stereocenters. The van der Waals surface area contributed by atoms with Crippen LogP contribution < -0.4 is 5.32 Å². The number of aryl methyl sites for hydroxylation is 1. The van der Waals surface area contributed by atoms with Gasteiger partial charge in [-0.1, -0.05) is 43.7 Å². The van der Waals surface area contributed by atoms with Crippen molar-refractivity contribution in [3.05, 3.63) is 51.9 Å². The summed E-state index contributed by atoms with van der Waals surface area (Å²) in [6.07, 6.45) is 2.00. The van der Waals surface area contributed by atoms with E-state index < -0.39 is 0 Å². The summed E-state index contributed by atoms with van der Waals surface area (Å²) < 4.78 is 0.972. The topological polar surface area (TPSA) is 37.8 Å². The third kappa shape index (κ3) is 3.26. The van der Waals surface area contributed by atoms with Crippen LogP contribution in [-0.4, -0.2) is 17.0 Å². The van der Waals surface area contributed by atoms with Gasteiger partial charge in [0, 0.05) is 12.5 Å². The smallest absolute Gasteiger partial charge is 0.144 e. The van der Waals surface area contributed by atoms with Crippen molar-refractivity contribution in [2.45, 2.75) is 39.0 Å². The minimum absolute atomic E-state index is 0.226. The van der Waals surface area contributed by atoms with Crippen LogP contribution in [0.5, 0.6) is 0 Å². The van der Waals surface area contributed by atoms with Crippen molar-refractivity contribution in [3.63, 3.8) is 0 Å². The zero-order valence-electron chi connectivity index (χ0n) is 13.1. The first kappa shape index (κ1) is 16.0. The molecule has 0 fully saturated rings. The highest BCUT2D eigenvalue weighted by Crippen LogP contribution is 2.33. The van der Waals surface area contributed by atoms with Crippen molar-refractivity contribution >= 4 is 21.7 Å². The summed E-state index contributed by atoms with van der Waals surface area (Å²) in [7, 11) is 1.89. The molecule has 1 heterocycles. The second-order valence-electron chi connectivity index (χ2n) is 5.65. The van der Waals surface area contributed by atoms with Crippen LogP contribution in [0.2, 0.25) is 0 Å². The highest BCUT2D eigenvalue weighted by Gasteiger charge is 2.28. The third-order valence-electron chi connectivity index (χ3n) is 3.70. The molecule has 0 spiro atoms. The van der Waals surface area contributed by atoms with E-state index in [0.29, 0.717) is 0 Å². The maximum absolute atomic E-state index is 4.82. The van der Waals surface area contributed by atoms with Gasteiger partial charge in [0.05, 0.1) is 10.2 Å². The van der Waals surface area contributed by atoms with Gasteiger partial charge in [-0.15, -0.1) is 0 Å². The highest BCUT2D eigenvalue weighted by molar-refractivity contribution is 9.10. The van der Waals surface area contributed by atoms with Crippen LogP contribution in [0.1, 0.15) is 44.3 Å². The first-order valence-electron chi connectivity index (χ1n) is 7.30. The molecule has 0 aliphatic heterocycles. The van der Waals surface area contributed by atoms with Gasteiger partial charge in [0.25, 0.3) is 0 Å². The van der Waals surface area contributed by atoms with Crippen molar-refractivity contribution in [1.29, 1.82) is 0 Å². The minimum Gasteiger partial charge on any atom is -0.372 e. The first-order valence-corrected chi connectivity index (χ1v) is 8.10. The van der Waals surface area contributed by atoms with Gasteiger partial charge >= 0.3 is 0 Å². The van der Waals surface area contributed by atoms with Gasteiger partial charge < -0.3 is 5.32 Å². The molecule has 3 nitrogen and oxygen atoms in total. The number of anilines is 1. The van der Waals surface area contributed by atoms with E-state index >= 15 is 0 Å². The quantitative estimate of drug-likeness (QED) is 0.861. The Balaban J connectivity index is 2.55. The number of hydrogen-bond acceptors (Lipinski definition) is 3. The van der Waals surface area contributed by atoms with Crippen LogP contribution in [0.25, 0.3) is 0 Å². The van der Waals surface area contributed by atoms with E-state index in [0.717, 1.165) is 34.7 Å². The molecule has 0 bridgehead atoms. The Kier molecular flexibility index (Phi) is 4.99. The first-order chi connectivity index (χ1) is 10.0. The summed E-state index contributed by atoms with van der Waals surface area (Å²) in [6.45, 7) is 6.50. The molecule has 0 aliphatic carbocycles. The predicted molar refractivity (Wildman–Crippen MR) is 91.8 cm³/mol. The highest BCUT2D eigenvalue weighted by atomic mass is 79.9. The lowest BCUT2D eigenvalue weighted by atomic mass is 9.83. The van der Waals surface area contributed by atoms with Crippen LogP contribution in [0.15, 0.2) is 34.8 Å². The molecular formula is C17H22BrN3. The monoisotopic (exact) mass is 347 g/mol. The Morgan fingerprint density at radius 3 is 2.38 bits per heavy atom. The maximum Gasteiger partial charge on any atom is 0.144 e. The Labute approximate surface area is 135 Å². The van der Waals surface area contributed by atoms with E-state index in [1.807, 2.05) is 13.1 Å². The van der Waals surface area contributed by atoms with Gasteiger partial charge in [-0.3, -0.25) is 0 Å². The largest absolute Gasteiger partial charge is 0.372 e. The summed E-state index contributed by atoms with van der Waals surface area (Å²) in [5.74, 6) is 1.71. The number of halogens is 1. The molecular weight excluding hydrogens is 326 g/mol. The summed E-state index contributed by atoms with van der Waals surface area (Å²) in [4.78, 5) is 9.53. The molecule has 0 radical (unpaired) electrons. The Hall–Kier alpha value is -1.42. The number of nitrogens with one attached hydrogen (secondary N) is 1. The predicted octanol–water partition coefficient (Wildman–Crippen LogP) is 4.56. The normalized spacial score (nSPS) is 11.5. The molecule has 4 heteroatoms. The van der Waals surface area contributed by atoms with E-state index in [1.54, 1.807) is 0 Å². The molecule has 21 heavy (non-hydrogen) atoms. The Morgan fingerprint density at radius 1 is 1.14 bits per heavy atom. The zero-order chi connectivity index (χ0) is 15.5. The van der Waals surface area contributed by atoms with Gasteiger partial charge in [0.2, 0.25) is 0 Å². The van der Waals surface area contributed by atoms with Crippen LogP contribution in [0.3, 0.4) is 0 Å². The van der Waals surface area contributed by atoms with E-state index in [-0.39, 0.29) is 5.41 Å². The fraction of sp³-hybridized carbons (Fsp3) is 0.412. The van der Waals surface area contributed by atoms with Crippen molar-refractivity contribution in [1.82, 2.24) is 9.97 Å². The number of nitrogens with zero attached hydrogens (tertiary/aromatic N) is 2. The summed E-state index contributed by atoms with van der Waals surface area (Å²) in [5, 5.41) is 3.16. The molecule has 0 aliphatic rings. The third-order valence-corrected chi connectivity index (χ3v) is 4.53. The molecule has 1 aromatic carbocycles. The molecule has 2 rings (SSSR count). The van der Waals surface area contributed by atoms with Gasteiger partial charge in [0.1, 0.15) is 11.6 Å². The molecule has 0 saturated heterocycles. The minimum atomic E-state index is -0.226. The Morgan fingerprint density at radius 2 is 1.81 bits per heavy atom. The lowest BCUT2D eigenvalue weighted by Gasteiger charge is -2.25. The summed E-state index contributed by atoms with van der Waals surface area (Å²) >= 11 is 3.61. The SMILES string of the molecule is CCCc1nc(C(C)(C)c2ccccc2)nc(NC)c1Br. The molecule has 0 unspecified atom stereocenters. The van der Waals surface area contributed by atoms with E-state index in [2.05, 4.69) is 66.3 Å². The maximum atomic E-state index is 4.82. The molecule has 0 amide bonds. The Bertz CT molecular complexity index is 609. The second kappa shape index (κ2) is 6.56. The van der Waals surface area contributed by atoms with Gasteiger partial charge in [-0.05, 0) is 41.8 Å². The fourth-order valence-electron chi connectivity index (χ4n) is 2.33. The van der Waals surface area contributed by atoms with Crippen LogP contribution in [-0.2, 0) is 11.8 Å². The lowest BCUT2D eigenvalue weighted by molar-refractivity contribution is 0.584. The number of rotatable bonds is 5. The van der Waals surface area contributed by atoms with Crippen molar-refractivity contribution in [2.75, 3.05) is 12.4 Å². The van der Waals surface area contributed by atoms with Crippen molar-refractivity contribution < 1.29 is 0 Å². The fourth-order valence-corrected chi connectivity index (χ4v) is 2.90. The van der Waals surface area contributed by atoms with Gasteiger partial charge in [-0.2, -0.15) is 0 Å². The van der Waals surface area contributed by atoms with E-state index in [9.17, 15) is 0 Å². The van der Waals surface area contributed by atoms with Crippen LogP contribution >= 0.6 is 15.9 Å². The zero-order valence-corrected chi connectivity index (χ0v) is 14.7. The van der Waals surface area contributed by atoms with E-state index in [4.69, 9.17) is 9.97 Å². The molecule has 1 N–H and O–H groups in total. The molecule has 0 saturated carbocycles. The average Bonchev–Trinajstić information content (AvgIpc) is 2.50. The number of hydrogen-bond donors (Lipinski definition) is 1. The molecule has 2 aromatic rings. The summed E-state index contributed by atoms with van der Waals surface area (Å²) in [5.41, 5.74) is 2.06. The number of benzene rings is 1. The van der Waals surface area contributed by atoms with Gasteiger partial charge in [0.15, 0.2) is 0 Å². The van der Waals surface area contributed by atoms with Crippen molar-refractivity contribution in [2.24, 2.45) is 0 Å². The van der Waals surface area contributed by atoms with Crippen molar-refractivity contribution in [3.8, 4) is 0 Å². The van der Waals surface area contributed by atoms with Gasteiger partial charge in [-0.25, -0.2) is 9.97 Å². The summed E-state index contributed by atoms with van der Waals surface area (Å²) in [6, 6.07) is 10.4. The lowest BCUT2D eigenvalue weighted by Crippen LogP contribution is -2.24. The van der Waals surface area contributed by atoms with Crippen LogP contribution in [0.4, 0.5) is 5.82 Å². The second-order valence-corrected chi connectivity index (χ2v) is 6.44. The standard InChI is InChI=1S/C17H22BrN3/c1-5-9-13-14(18)15(19-4)21-16(20-13)17(2,3)12-10-7-6-8-11-12/h6-8,10-11H,5,9H2,1-4H3,(H,19,20,21). The average molecular weight is 348 g/mol. The molecule has 1 aromatic heterocycles. The molecule has 112 valence electrons.